The quantitative estimate of drug-likeness (QED) is 0.470. The van der Waals surface area contributed by atoms with Gasteiger partial charge in [-0.25, -0.2) is 13.1 Å². The third kappa shape index (κ3) is 5.88. The number of carbonyl (C=O) groups is 1. The number of hydrogen-bond acceptors (Lipinski definition) is 3. The SMILES string of the molecule is O.O.O=C(O)CCC/C=C\C[C@H]1[C@@H]2CC[C@@H](C2)[C@@H]1NS(=O)(=O)c1ccccc1. The number of benzene rings is 1. The molecule has 0 spiro atoms. The molecule has 6 N–H and O–H groups in total. The lowest BCUT2D eigenvalue weighted by Crippen LogP contribution is -2.43. The Morgan fingerprint density at radius 1 is 1.11 bits per heavy atom. The zero-order valence-electron chi connectivity index (χ0n) is 15.9. The van der Waals surface area contributed by atoms with Gasteiger partial charge >= 0.3 is 5.97 Å². The maximum absolute atomic E-state index is 12.7. The van der Waals surface area contributed by atoms with Crippen LogP contribution in [0.4, 0.5) is 0 Å². The third-order valence-corrected chi connectivity index (χ3v) is 7.24. The predicted molar refractivity (Wildman–Crippen MR) is 107 cm³/mol. The van der Waals surface area contributed by atoms with Gasteiger partial charge in [-0.15, -0.1) is 0 Å². The van der Waals surface area contributed by atoms with Crippen LogP contribution in [0.15, 0.2) is 47.4 Å². The van der Waals surface area contributed by atoms with Crippen LogP contribution >= 0.6 is 0 Å². The van der Waals surface area contributed by atoms with Crippen LogP contribution in [0.25, 0.3) is 0 Å². The molecule has 0 amide bonds. The van der Waals surface area contributed by atoms with Crippen LogP contribution in [0.2, 0.25) is 0 Å². The van der Waals surface area contributed by atoms with Crippen molar-refractivity contribution in [1.29, 1.82) is 0 Å². The van der Waals surface area contributed by atoms with Crippen molar-refractivity contribution in [2.24, 2.45) is 17.8 Å². The van der Waals surface area contributed by atoms with E-state index in [1.165, 1.54) is 6.42 Å². The minimum Gasteiger partial charge on any atom is -0.481 e. The number of fused-ring (bicyclic) bond motifs is 2. The highest BCUT2D eigenvalue weighted by Crippen LogP contribution is 2.50. The molecular formula is C20H31NO6S. The van der Waals surface area contributed by atoms with E-state index >= 15 is 0 Å². The Labute approximate surface area is 166 Å². The van der Waals surface area contributed by atoms with E-state index in [-0.39, 0.29) is 23.4 Å². The van der Waals surface area contributed by atoms with Crippen LogP contribution in [0.1, 0.15) is 44.9 Å². The molecule has 3 rings (SSSR count). The molecule has 2 bridgehead atoms. The van der Waals surface area contributed by atoms with E-state index in [0.29, 0.717) is 29.1 Å². The van der Waals surface area contributed by atoms with Crippen LogP contribution in [-0.2, 0) is 14.8 Å². The van der Waals surface area contributed by atoms with Crippen molar-refractivity contribution in [1.82, 2.24) is 4.72 Å². The monoisotopic (exact) mass is 413 g/mol. The summed E-state index contributed by atoms with van der Waals surface area (Å²) in [6.07, 6.45) is 10.00. The molecule has 0 heterocycles. The molecule has 7 nitrogen and oxygen atoms in total. The molecule has 8 heteroatoms. The summed E-state index contributed by atoms with van der Waals surface area (Å²) >= 11 is 0. The Bertz CT molecular complexity index is 749. The minimum absolute atomic E-state index is 0. The molecule has 0 aromatic heterocycles. The van der Waals surface area contributed by atoms with E-state index in [2.05, 4.69) is 10.8 Å². The second-order valence-corrected chi connectivity index (χ2v) is 9.16. The van der Waals surface area contributed by atoms with Gasteiger partial charge in [-0.1, -0.05) is 30.4 Å². The van der Waals surface area contributed by atoms with Gasteiger partial charge in [-0.3, -0.25) is 4.79 Å². The van der Waals surface area contributed by atoms with Crippen LogP contribution in [-0.4, -0.2) is 36.5 Å². The first-order valence-corrected chi connectivity index (χ1v) is 10.9. The van der Waals surface area contributed by atoms with Crippen molar-refractivity contribution < 1.29 is 29.3 Å². The molecule has 158 valence electrons. The number of aliphatic carboxylic acids is 1. The van der Waals surface area contributed by atoms with Gasteiger partial charge in [-0.05, 0) is 68.4 Å². The molecule has 0 saturated heterocycles. The van der Waals surface area contributed by atoms with Gasteiger partial charge in [-0.2, -0.15) is 0 Å². The van der Waals surface area contributed by atoms with Crippen LogP contribution in [0.5, 0.6) is 0 Å². The lowest BCUT2D eigenvalue weighted by Gasteiger charge is -2.31. The lowest BCUT2D eigenvalue weighted by atomic mass is 9.83. The molecule has 0 radical (unpaired) electrons. The molecular weight excluding hydrogens is 382 g/mol. The van der Waals surface area contributed by atoms with Gasteiger partial charge < -0.3 is 16.1 Å². The first kappa shape index (κ1) is 24.3. The average Bonchev–Trinajstić information content (AvgIpc) is 3.20. The topological polar surface area (TPSA) is 146 Å². The number of carboxylic acids is 1. The van der Waals surface area contributed by atoms with Gasteiger partial charge in [0.25, 0.3) is 0 Å². The Balaban J connectivity index is 0.00000196. The normalized spacial score (nSPS) is 26.0. The van der Waals surface area contributed by atoms with Crippen molar-refractivity contribution >= 4 is 16.0 Å². The Hall–Kier alpha value is -1.74. The highest BCUT2D eigenvalue weighted by Gasteiger charge is 2.48. The summed E-state index contributed by atoms with van der Waals surface area (Å²) in [7, 11) is -3.49. The van der Waals surface area contributed by atoms with Gasteiger partial charge in [0.1, 0.15) is 0 Å². The molecule has 28 heavy (non-hydrogen) atoms. The first-order valence-electron chi connectivity index (χ1n) is 9.41. The number of rotatable bonds is 9. The first-order chi connectivity index (χ1) is 12.5. The maximum Gasteiger partial charge on any atom is 0.303 e. The van der Waals surface area contributed by atoms with Crippen LogP contribution in [0.3, 0.4) is 0 Å². The molecule has 0 aliphatic heterocycles. The third-order valence-electron chi connectivity index (χ3n) is 5.77. The summed E-state index contributed by atoms with van der Waals surface area (Å²) in [5.41, 5.74) is 0. The Kier molecular flexibility index (Phi) is 9.29. The number of hydrogen-bond donors (Lipinski definition) is 2. The highest BCUT2D eigenvalue weighted by molar-refractivity contribution is 7.89. The Morgan fingerprint density at radius 3 is 2.46 bits per heavy atom. The summed E-state index contributed by atoms with van der Waals surface area (Å²) in [5.74, 6) is 0.598. The number of allylic oxidation sites excluding steroid dienone is 2. The van der Waals surface area contributed by atoms with E-state index in [4.69, 9.17) is 5.11 Å². The Morgan fingerprint density at radius 2 is 1.79 bits per heavy atom. The standard InChI is InChI=1S/C20H27NO4S.2H2O/c22-19(23)11-7-2-1-6-10-18-15-12-13-16(14-15)20(18)21-26(24,25)17-8-4-3-5-9-17;;/h1,3-6,8-9,15-16,18,20-21H,2,7,10-14H2,(H,22,23);2*1H2/b6-1-;;/t15-,16+,18+,20+;;/m1../s1. The van der Waals surface area contributed by atoms with Gasteiger partial charge in [0.15, 0.2) is 0 Å². The maximum atomic E-state index is 12.7. The molecule has 2 fully saturated rings. The largest absolute Gasteiger partial charge is 0.481 e. The molecule has 2 aliphatic carbocycles. The summed E-state index contributed by atoms with van der Waals surface area (Å²) in [6.45, 7) is 0. The summed E-state index contributed by atoms with van der Waals surface area (Å²) in [4.78, 5) is 10.9. The van der Waals surface area contributed by atoms with Crippen molar-refractivity contribution in [3.63, 3.8) is 0 Å². The number of nitrogens with one attached hydrogen (secondary N) is 1. The second-order valence-electron chi connectivity index (χ2n) is 7.45. The van der Waals surface area contributed by atoms with Gasteiger partial charge in [0.05, 0.1) is 4.90 Å². The van der Waals surface area contributed by atoms with E-state index in [9.17, 15) is 13.2 Å². The van der Waals surface area contributed by atoms with Gasteiger partial charge in [0.2, 0.25) is 10.0 Å². The molecule has 1 aromatic carbocycles. The minimum atomic E-state index is -3.49. The lowest BCUT2D eigenvalue weighted by molar-refractivity contribution is -0.137. The number of sulfonamides is 1. The predicted octanol–water partition coefficient (Wildman–Crippen LogP) is 1.93. The molecule has 4 atom stereocenters. The van der Waals surface area contributed by atoms with Gasteiger partial charge in [0, 0.05) is 12.5 Å². The fourth-order valence-electron chi connectivity index (χ4n) is 4.52. The zero-order chi connectivity index (χ0) is 18.6. The van der Waals surface area contributed by atoms with Crippen molar-refractivity contribution in [3.8, 4) is 0 Å². The van der Waals surface area contributed by atoms with Crippen molar-refractivity contribution in [3.05, 3.63) is 42.5 Å². The van der Waals surface area contributed by atoms with E-state index in [0.717, 1.165) is 25.7 Å². The van der Waals surface area contributed by atoms with E-state index < -0.39 is 16.0 Å². The van der Waals surface area contributed by atoms with E-state index in [1.54, 1.807) is 24.3 Å². The fraction of sp³-hybridized carbons (Fsp3) is 0.550. The summed E-state index contributed by atoms with van der Waals surface area (Å²) < 4.78 is 28.4. The fourth-order valence-corrected chi connectivity index (χ4v) is 5.90. The molecule has 2 saturated carbocycles. The van der Waals surface area contributed by atoms with E-state index in [1.807, 2.05) is 12.1 Å². The zero-order valence-corrected chi connectivity index (χ0v) is 16.7. The summed E-state index contributed by atoms with van der Waals surface area (Å²) in [5, 5.41) is 8.66. The van der Waals surface area contributed by atoms with Crippen LogP contribution in [0, 0.1) is 17.8 Å². The molecule has 0 unspecified atom stereocenters. The molecule has 1 aromatic rings. The average molecular weight is 414 g/mol. The number of carboxylic acid groups (broad SMARTS) is 1. The summed E-state index contributed by atoms with van der Waals surface area (Å²) in [6, 6.07) is 8.57. The van der Waals surface area contributed by atoms with Crippen LogP contribution < -0.4 is 4.72 Å². The molecule has 2 aliphatic rings. The van der Waals surface area contributed by atoms with Crippen molar-refractivity contribution in [2.45, 2.75) is 55.9 Å². The van der Waals surface area contributed by atoms with Crippen molar-refractivity contribution in [2.75, 3.05) is 0 Å². The highest BCUT2D eigenvalue weighted by atomic mass is 32.2. The number of unbranched alkanes of at least 4 members (excludes halogenated alkanes) is 1. The second kappa shape index (κ2) is 10.7. The smallest absolute Gasteiger partial charge is 0.303 e.